The highest BCUT2D eigenvalue weighted by atomic mass is 16.6. The van der Waals surface area contributed by atoms with Crippen molar-refractivity contribution >= 4 is 11.6 Å². The minimum absolute atomic E-state index is 0.159. The molecule has 0 aliphatic carbocycles. The fourth-order valence-electron chi connectivity index (χ4n) is 2.02. The highest BCUT2D eigenvalue weighted by Gasteiger charge is 2.27. The van der Waals surface area contributed by atoms with Gasteiger partial charge in [0.25, 0.3) is 5.91 Å². The van der Waals surface area contributed by atoms with Gasteiger partial charge in [-0.3, -0.25) is 9.78 Å². The van der Waals surface area contributed by atoms with Crippen LogP contribution in [0, 0.1) is 0 Å². The van der Waals surface area contributed by atoms with E-state index >= 15 is 0 Å². The van der Waals surface area contributed by atoms with Gasteiger partial charge in [-0.2, -0.15) is 5.10 Å². The van der Waals surface area contributed by atoms with E-state index in [0.29, 0.717) is 17.2 Å². The lowest BCUT2D eigenvalue weighted by Crippen LogP contribution is -2.42. The third kappa shape index (κ3) is 3.06. The Labute approximate surface area is 127 Å². The zero-order chi connectivity index (χ0) is 15.4. The van der Waals surface area contributed by atoms with E-state index in [9.17, 15) is 4.79 Å². The standard InChI is InChI=1S/C16H15N3O3/c1-11(12-6-8-17-9-7-12)18-19-16(20)15-10-21-13-4-2-3-5-14(13)22-15/h2-9,15H,10H2,1H3,(H,19,20)/b18-11-. The lowest BCUT2D eigenvalue weighted by atomic mass is 10.2. The quantitative estimate of drug-likeness (QED) is 0.692. The number of pyridine rings is 1. The number of para-hydroxylation sites is 2. The summed E-state index contributed by atoms with van der Waals surface area (Å²) in [7, 11) is 0. The van der Waals surface area contributed by atoms with Gasteiger partial charge in [0.1, 0.15) is 6.61 Å². The summed E-state index contributed by atoms with van der Waals surface area (Å²) in [5.74, 6) is 0.856. The van der Waals surface area contributed by atoms with Gasteiger partial charge in [0, 0.05) is 18.0 Å². The maximum absolute atomic E-state index is 12.1. The molecule has 0 spiro atoms. The van der Waals surface area contributed by atoms with Crippen molar-refractivity contribution < 1.29 is 14.3 Å². The Morgan fingerprint density at radius 2 is 1.95 bits per heavy atom. The average Bonchev–Trinajstić information content (AvgIpc) is 2.59. The molecular formula is C16H15N3O3. The van der Waals surface area contributed by atoms with Crippen molar-refractivity contribution in [3.8, 4) is 11.5 Å². The van der Waals surface area contributed by atoms with Crippen molar-refractivity contribution in [1.29, 1.82) is 0 Å². The lowest BCUT2D eigenvalue weighted by Gasteiger charge is -2.24. The molecule has 1 aliphatic heterocycles. The third-order valence-corrected chi connectivity index (χ3v) is 3.23. The lowest BCUT2D eigenvalue weighted by molar-refractivity contribution is -0.130. The number of hydrazone groups is 1. The summed E-state index contributed by atoms with van der Waals surface area (Å²) in [5.41, 5.74) is 4.08. The molecule has 1 aromatic carbocycles. The number of fused-ring (bicyclic) bond motifs is 1. The first kappa shape index (κ1) is 14.1. The van der Waals surface area contributed by atoms with E-state index in [1.54, 1.807) is 24.5 Å². The van der Waals surface area contributed by atoms with Gasteiger partial charge in [-0.05, 0) is 31.2 Å². The molecule has 0 saturated heterocycles. The molecule has 6 nitrogen and oxygen atoms in total. The van der Waals surface area contributed by atoms with Crippen LogP contribution in [0.3, 0.4) is 0 Å². The van der Waals surface area contributed by atoms with Crippen LogP contribution in [0.15, 0.2) is 53.9 Å². The van der Waals surface area contributed by atoms with Crippen LogP contribution in [0.25, 0.3) is 0 Å². The van der Waals surface area contributed by atoms with Crippen LogP contribution in [0.2, 0.25) is 0 Å². The Kier molecular flexibility index (Phi) is 4.00. The Morgan fingerprint density at radius 1 is 1.23 bits per heavy atom. The molecule has 0 saturated carbocycles. The molecule has 1 aliphatic rings. The largest absolute Gasteiger partial charge is 0.485 e. The van der Waals surface area contributed by atoms with Gasteiger partial charge >= 0.3 is 0 Å². The second-order valence-electron chi connectivity index (χ2n) is 4.77. The molecule has 0 bridgehead atoms. The van der Waals surface area contributed by atoms with E-state index in [1.807, 2.05) is 31.2 Å². The number of benzene rings is 1. The normalized spacial score (nSPS) is 17.0. The first-order valence-electron chi connectivity index (χ1n) is 6.87. The number of hydrogen-bond donors (Lipinski definition) is 1. The van der Waals surface area contributed by atoms with Crippen molar-refractivity contribution in [1.82, 2.24) is 10.4 Å². The van der Waals surface area contributed by atoms with Crippen LogP contribution < -0.4 is 14.9 Å². The number of amides is 1. The van der Waals surface area contributed by atoms with Crippen LogP contribution >= 0.6 is 0 Å². The second kappa shape index (κ2) is 6.26. The van der Waals surface area contributed by atoms with Gasteiger partial charge in [-0.1, -0.05) is 12.1 Å². The maximum Gasteiger partial charge on any atom is 0.284 e. The number of rotatable bonds is 3. The van der Waals surface area contributed by atoms with Crippen LogP contribution in [-0.2, 0) is 4.79 Å². The second-order valence-corrected chi connectivity index (χ2v) is 4.77. The molecule has 112 valence electrons. The molecule has 2 heterocycles. The third-order valence-electron chi connectivity index (χ3n) is 3.23. The van der Waals surface area contributed by atoms with Crippen LogP contribution in [0.4, 0.5) is 0 Å². The van der Waals surface area contributed by atoms with E-state index in [4.69, 9.17) is 9.47 Å². The topological polar surface area (TPSA) is 72.8 Å². The number of nitrogens with one attached hydrogen (secondary N) is 1. The molecule has 1 aromatic heterocycles. The predicted molar refractivity (Wildman–Crippen MR) is 80.9 cm³/mol. The van der Waals surface area contributed by atoms with E-state index in [-0.39, 0.29) is 12.5 Å². The number of nitrogens with zero attached hydrogens (tertiary/aromatic N) is 2. The molecule has 0 fully saturated rings. The maximum atomic E-state index is 12.1. The Balaban J connectivity index is 1.64. The van der Waals surface area contributed by atoms with Gasteiger partial charge in [0.2, 0.25) is 6.10 Å². The van der Waals surface area contributed by atoms with Crippen molar-refractivity contribution in [3.63, 3.8) is 0 Å². The van der Waals surface area contributed by atoms with E-state index in [1.165, 1.54) is 0 Å². The molecule has 22 heavy (non-hydrogen) atoms. The average molecular weight is 297 g/mol. The molecule has 2 aromatic rings. The number of aromatic nitrogens is 1. The number of carbonyl (C=O) groups is 1. The smallest absolute Gasteiger partial charge is 0.284 e. The number of ether oxygens (including phenoxy) is 2. The Hall–Kier alpha value is -2.89. The summed E-state index contributed by atoms with van der Waals surface area (Å²) in [6, 6.07) is 10.9. The van der Waals surface area contributed by atoms with Gasteiger partial charge in [-0.25, -0.2) is 5.43 Å². The molecular weight excluding hydrogens is 282 g/mol. The highest BCUT2D eigenvalue weighted by Crippen LogP contribution is 2.30. The molecule has 1 unspecified atom stereocenters. The number of hydrogen-bond acceptors (Lipinski definition) is 5. The van der Waals surface area contributed by atoms with Gasteiger partial charge in [-0.15, -0.1) is 0 Å². The molecule has 0 radical (unpaired) electrons. The van der Waals surface area contributed by atoms with Gasteiger partial charge in [0.15, 0.2) is 11.5 Å². The zero-order valence-corrected chi connectivity index (χ0v) is 12.0. The van der Waals surface area contributed by atoms with E-state index in [2.05, 4.69) is 15.5 Å². The van der Waals surface area contributed by atoms with Crippen LogP contribution in [0.5, 0.6) is 11.5 Å². The van der Waals surface area contributed by atoms with E-state index < -0.39 is 6.10 Å². The van der Waals surface area contributed by atoms with Crippen molar-refractivity contribution in [2.24, 2.45) is 5.10 Å². The van der Waals surface area contributed by atoms with Crippen molar-refractivity contribution in [2.75, 3.05) is 6.61 Å². The molecule has 1 N–H and O–H groups in total. The fraction of sp³-hybridized carbons (Fsp3) is 0.188. The van der Waals surface area contributed by atoms with E-state index in [0.717, 1.165) is 5.56 Å². The van der Waals surface area contributed by atoms with Crippen molar-refractivity contribution in [3.05, 3.63) is 54.4 Å². The van der Waals surface area contributed by atoms with Crippen LogP contribution in [0.1, 0.15) is 12.5 Å². The summed E-state index contributed by atoms with van der Waals surface area (Å²) in [6.07, 6.45) is 2.63. The van der Waals surface area contributed by atoms with Gasteiger partial charge in [0.05, 0.1) is 5.71 Å². The molecule has 6 heteroatoms. The fourth-order valence-corrected chi connectivity index (χ4v) is 2.02. The zero-order valence-electron chi connectivity index (χ0n) is 12.0. The number of carbonyl (C=O) groups excluding carboxylic acids is 1. The predicted octanol–water partition coefficient (Wildman–Crippen LogP) is 1.76. The summed E-state index contributed by atoms with van der Waals surface area (Å²) in [6.45, 7) is 1.97. The minimum Gasteiger partial charge on any atom is -0.485 e. The molecule has 1 atom stereocenters. The summed E-state index contributed by atoms with van der Waals surface area (Å²) in [5, 5.41) is 4.08. The summed E-state index contributed by atoms with van der Waals surface area (Å²) in [4.78, 5) is 16.0. The first-order chi connectivity index (χ1) is 10.7. The van der Waals surface area contributed by atoms with Crippen LogP contribution in [-0.4, -0.2) is 29.3 Å². The summed E-state index contributed by atoms with van der Waals surface area (Å²) >= 11 is 0. The molecule has 3 rings (SSSR count). The molecule has 1 amide bonds. The first-order valence-corrected chi connectivity index (χ1v) is 6.87. The Morgan fingerprint density at radius 3 is 2.73 bits per heavy atom. The van der Waals surface area contributed by atoms with Gasteiger partial charge < -0.3 is 9.47 Å². The van der Waals surface area contributed by atoms with Crippen molar-refractivity contribution in [2.45, 2.75) is 13.0 Å². The highest BCUT2D eigenvalue weighted by molar-refractivity contribution is 5.99. The minimum atomic E-state index is -0.719. The monoisotopic (exact) mass is 297 g/mol. The SMILES string of the molecule is C/C(=N/NC(=O)C1COc2ccccc2O1)c1ccncc1. The summed E-state index contributed by atoms with van der Waals surface area (Å²) < 4.78 is 11.1. The Bertz CT molecular complexity index is 701.